The molecule has 0 bridgehead atoms. The Morgan fingerprint density at radius 1 is 1.24 bits per heavy atom. The van der Waals surface area contributed by atoms with Gasteiger partial charge in [-0.2, -0.15) is 5.10 Å². The molecule has 0 radical (unpaired) electrons. The zero-order valence-electron chi connectivity index (χ0n) is 11.9. The standard InChI is InChI=1S/C17H15N3O/c1-17(2,21)7-5-12-3-4-16-15(9-12)14(6-8-18-16)13-10-19-20-11-13/h3-4,6,8-11,21H,1-2H3,(H,19,20). The topological polar surface area (TPSA) is 61.8 Å². The second kappa shape index (κ2) is 5.04. The molecule has 0 aliphatic carbocycles. The molecule has 0 amide bonds. The lowest BCUT2D eigenvalue weighted by Crippen LogP contribution is -2.14. The largest absolute Gasteiger partial charge is 0.378 e. The third-order valence-electron chi connectivity index (χ3n) is 3.06. The number of aliphatic hydroxyl groups is 1. The van der Waals surface area contributed by atoms with Gasteiger partial charge in [-0.15, -0.1) is 0 Å². The van der Waals surface area contributed by atoms with E-state index in [0.29, 0.717) is 0 Å². The number of H-pyrrole nitrogens is 1. The first-order chi connectivity index (χ1) is 10.0. The van der Waals surface area contributed by atoms with E-state index >= 15 is 0 Å². The molecule has 2 heterocycles. The number of aromatic amines is 1. The maximum Gasteiger partial charge on any atom is 0.120 e. The zero-order valence-corrected chi connectivity index (χ0v) is 11.9. The van der Waals surface area contributed by atoms with Crippen LogP contribution >= 0.6 is 0 Å². The highest BCUT2D eigenvalue weighted by Crippen LogP contribution is 2.27. The van der Waals surface area contributed by atoms with Crippen LogP contribution in [0.15, 0.2) is 42.9 Å². The lowest BCUT2D eigenvalue weighted by molar-refractivity contribution is 0.143. The SMILES string of the molecule is CC(C)(O)C#Cc1ccc2nccc(-c3cn[nH]c3)c2c1. The lowest BCUT2D eigenvalue weighted by atomic mass is 10.0. The van der Waals surface area contributed by atoms with Crippen molar-refractivity contribution in [2.45, 2.75) is 19.4 Å². The molecular formula is C17H15N3O. The van der Waals surface area contributed by atoms with Crippen LogP contribution in [0.5, 0.6) is 0 Å². The predicted molar refractivity (Wildman–Crippen MR) is 82.5 cm³/mol. The minimum Gasteiger partial charge on any atom is -0.378 e. The van der Waals surface area contributed by atoms with E-state index in [1.807, 2.05) is 30.5 Å². The van der Waals surface area contributed by atoms with Gasteiger partial charge in [0.1, 0.15) is 5.60 Å². The first kappa shape index (κ1) is 13.3. The quantitative estimate of drug-likeness (QED) is 0.672. The van der Waals surface area contributed by atoms with Gasteiger partial charge < -0.3 is 5.11 Å². The highest BCUT2D eigenvalue weighted by Gasteiger charge is 2.08. The average molecular weight is 277 g/mol. The Kier molecular flexibility index (Phi) is 3.20. The van der Waals surface area contributed by atoms with Gasteiger partial charge in [0.2, 0.25) is 0 Å². The average Bonchev–Trinajstić information content (AvgIpc) is 2.97. The van der Waals surface area contributed by atoms with Crippen molar-refractivity contribution in [2.24, 2.45) is 0 Å². The maximum atomic E-state index is 9.70. The minimum atomic E-state index is -1.00. The van der Waals surface area contributed by atoms with Crippen LogP contribution in [0.1, 0.15) is 19.4 Å². The van der Waals surface area contributed by atoms with Crippen molar-refractivity contribution in [2.75, 3.05) is 0 Å². The highest BCUT2D eigenvalue weighted by atomic mass is 16.3. The van der Waals surface area contributed by atoms with Crippen molar-refractivity contribution in [1.82, 2.24) is 15.2 Å². The van der Waals surface area contributed by atoms with Crippen LogP contribution in [0.2, 0.25) is 0 Å². The lowest BCUT2D eigenvalue weighted by Gasteiger charge is -2.07. The molecule has 2 N–H and O–H groups in total. The molecule has 0 fully saturated rings. The molecule has 104 valence electrons. The number of nitrogens with zero attached hydrogens (tertiary/aromatic N) is 2. The summed E-state index contributed by atoms with van der Waals surface area (Å²) in [7, 11) is 0. The van der Waals surface area contributed by atoms with Crippen LogP contribution in [0, 0.1) is 11.8 Å². The summed E-state index contributed by atoms with van der Waals surface area (Å²) in [5, 5.41) is 17.5. The maximum absolute atomic E-state index is 9.70. The Morgan fingerprint density at radius 3 is 2.81 bits per heavy atom. The molecule has 4 nitrogen and oxygen atoms in total. The molecular weight excluding hydrogens is 262 g/mol. The molecule has 4 heteroatoms. The van der Waals surface area contributed by atoms with E-state index in [-0.39, 0.29) is 0 Å². The van der Waals surface area contributed by atoms with Crippen LogP contribution in [0.4, 0.5) is 0 Å². The summed E-state index contributed by atoms with van der Waals surface area (Å²) in [6, 6.07) is 7.80. The summed E-state index contributed by atoms with van der Waals surface area (Å²) in [6.45, 7) is 3.33. The second-order valence-corrected chi connectivity index (χ2v) is 5.39. The van der Waals surface area contributed by atoms with Gasteiger partial charge in [-0.25, -0.2) is 0 Å². The Morgan fingerprint density at radius 2 is 2.10 bits per heavy atom. The summed E-state index contributed by atoms with van der Waals surface area (Å²) < 4.78 is 0. The minimum absolute atomic E-state index is 0.849. The molecule has 21 heavy (non-hydrogen) atoms. The molecule has 0 spiro atoms. The Bertz CT molecular complexity index is 834. The van der Waals surface area contributed by atoms with E-state index < -0.39 is 5.60 Å². The first-order valence-corrected chi connectivity index (χ1v) is 6.66. The third-order valence-corrected chi connectivity index (χ3v) is 3.06. The van der Waals surface area contributed by atoms with Gasteiger partial charge in [0.25, 0.3) is 0 Å². The molecule has 0 saturated heterocycles. The predicted octanol–water partition coefficient (Wildman–Crippen LogP) is 2.75. The Labute approximate surface area is 122 Å². The summed E-state index contributed by atoms with van der Waals surface area (Å²) in [5.74, 6) is 5.82. The summed E-state index contributed by atoms with van der Waals surface area (Å²) in [4.78, 5) is 4.37. The number of aromatic nitrogens is 3. The van der Waals surface area contributed by atoms with Crippen LogP contribution in [-0.2, 0) is 0 Å². The van der Waals surface area contributed by atoms with E-state index in [1.54, 1.807) is 26.2 Å². The first-order valence-electron chi connectivity index (χ1n) is 6.66. The van der Waals surface area contributed by atoms with Crippen molar-refractivity contribution in [3.63, 3.8) is 0 Å². The van der Waals surface area contributed by atoms with Crippen molar-refractivity contribution in [3.8, 4) is 23.0 Å². The normalized spacial score (nSPS) is 11.2. The third kappa shape index (κ3) is 2.93. The smallest absolute Gasteiger partial charge is 0.120 e. The fraction of sp³-hybridized carbons (Fsp3) is 0.176. The molecule has 0 aliphatic rings. The molecule has 3 aromatic rings. The Hall–Kier alpha value is -2.64. The fourth-order valence-electron chi connectivity index (χ4n) is 2.10. The van der Waals surface area contributed by atoms with Gasteiger partial charge in [-0.3, -0.25) is 10.1 Å². The number of hydrogen-bond acceptors (Lipinski definition) is 3. The van der Waals surface area contributed by atoms with Crippen molar-refractivity contribution < 1.29 is 5.11 Å². The van der Waals surface area contributed by atoms with Crippen LogP contribution < -0.4 is 0 Å². The van der Waals surface area contributed by atoms with Crippen LogP contribution in [0.25, 0.3) is 22.0 Å². The van der Waals surface area contributed by atoms with E-state index in [0.717, 1.165) is 27.6 Å². The number of pyridine rings is 1. The van der Waals surface area contributed by atoms with E-state index in [2.05, 4.69) is 27.0 Å². The van der Waals surface area contributed by atoms with Crippen molar-refractivity contribution in [1.29, 1.82) is 0 Å². The van der Waals surface area contributed by atoms with Crippen molar-refractivity contribution >= 4 is 10.9 Å². The van der Waals surface area contributed by atoms with Gasteiger partial charge in [-0.05, 0) is 43.7 Å². The summed E-state index contributed by atoms with van der Waals surface area (Å²) >= 11 is 0. The second-order valence-electron chi connectivity index (χ2n) is 5.39. The van der Waals surface area contributed by atoms with Crippen LogP contribution in [-0.4, -0.2) is 25.9 Å². The van der Waals surface area contributed by atoms with Gasteiger partial charge >= 0.3 is 0 Å². The van der Waals surface area contributed by atoms with Crippen LogP contribution in [0.3, 0.4) is 0 Å². The monoisotopic (exact) mass is 277 g/mol. The number of benzene rings is 1. The number of fused-ring (bicyclic) bond motifs is 1. The molecule has 2 aromatic heterocycles. The fourth-order valence-corrected chi connectivity index (χ4v) is 2.10. The number of hydrogen-bond donors (Lipinski definition) is 2. The molecule has 3 rings (SSSR count). The molecule has 0 aliphatic heterocycles. The zero-order chi connectivity index (χ0) is 14.9. The molecule has 0 unspecified atom stereocenters. The van der Waals surface area contributed by atoms with E-state index in [4.69, 9.17) is 0 Å². The van der Waals surface area contributed by atoms with E-state index in [9.17, 15) is 5.11 Å². The van der Waals surface area contributed by atoms with Gasteiger partial charge in [0, 0.05) is 28.9 Å². The molecule has 0 atom stereocenters. The van der Waals surface area contributed by atoms with Crippen molar-refractivity contribution in [3.05, 3.63) is 48.4 Å². The highest BCUT2D eigenvalue weighted by molar-refractivity contribution is 5.94. The number of nitrogens with one attached hydrogen (secondary N) is 1. The van der Waals surface area contributed by atoms with E-state index in [1.165, 1.54) is 0 Å². The summed E-state index contributed by atoms with van der Waals surface area (Å²) in [6.07, 6.45) is 5.42. The van der Waals surface area contributed by atoms with Gasteiger partial charge in [0.15, 0.2) is 0 Å². The van der Waals surface area contributed by atoms with Gasteiger partial charge in [0.05, 0.1) is 11.7 Å². The molecule has 1 aromatic carbocycles. The van der Waals surface area contributed by atoms with Gasteiger partial charge in [-0.1, -0.05) is 11.8 Å². The number of rotatable bonds is 1. The Balaban J connectivity index is 2.16. The summed E-state index contributed by atoms with van der Waals surface area (Å²) in [5.41, 5.74) is 2.82. The molecule has 0 saturated carbocycles.